The average Bonchev–Trinajstić information content (AvgIpc) is 2.34. The van der Waals surface area contributed by atoms with Gasteiger partial charge in [0.25, 0.3) is 0 Å². The van der Waals surface area contributed by atoms with Gasteiger partial charge in [0, 0.05) is 12.6 Å². The minimum Gasteiger partial charge on any atom is -0.495 e. The molecule has 21 heavy (non-hydrogen) atoms. The van der Waals surface area contributed by atoms with Crippen molar-refractivity contribution in [2.24, 2.45) is 5.73 Å². The highest BCUT2D eigenvalue weighted by Crippen LogP contribution is 2.26. The van der Waals surface area contributed by atoms with Gasteiger partial charge < -0.3 is 10.5 Å². The third-order valence-electron chi connectivity index (χ3n) is 2.65. The minimum atomic E-state index is -4.45. The number of rotatable bonds is 6. The summed E-state index contributed by atoms with van der Waals surface area (Å²) in [6.45, 7) is 1.24. The summed E-state index contributed by atoms with van der Waals surface area (Å²) in [6, 6.07) is 2.98. The lowest BCUT2D eigenvalue weighted by Gasteiger charge is -2.17. The van der Waals surface area contributed by atoms with Crippen LogP contribution in [0.2, 0.25) is 0 Å². The fraction of sp³-hybridized carbons (Fsp3) is 0.500. The zero-order valence-corrected chi connectivity index (χ0v) is 12.4. The second-order valence-corrected chi connectivity index (χ2v) is 6.21. The third kappa shape index (κ3) is 5.18. The average molecular weight is 326 g/mol. The van der Waals surface area contributed by atoms with E-state index >= 15 is 0 Å². The Morgan fingerprint density at radius 2 is 2.00 bits per heavy atom. The highest BCUT2D eigenvalue weighted by molar-refractivity contribution is 7.89. The van der Waals surface area contributed by atoms with Crippen LogP contribution in [-0.4, -0.2) is 27.7 Å². The number of alkyl halides is 3. The van der Waals surface area contributed by atoms with Crippen molar-refractivity contribution in [3.63, 3.8) is 0 Å². The summed E-state index contributed by atoms with van der Waals surface area (Å²) in [5.74, 6) is 0.0407. The summed E-state index contributed by atoms with van der Waals surface area (Å²) in [5.41, 5.74) is 5.96. The monoisotopic (exact) mass is 326 g/mol. The Bertz CT molecular complexity index is 588. The number of ether oxygens (including phenoxy) is 1. The van der Waals surface area contributed by atoms with E-state index in [4.69, 9.17) is 10.5 Å². The van der Waals surface area contributed by atoms with Gasteiger partial charge in [-0.15, -0.1) is 0 Å². The second-order valence-electron chi connectivity index (χ2n) is 4.53. The lowest BCUT2D eigenvalue weighted by Crippen LogP contribution is -2.36. The number of nitrogens with one attached hydrogen (secondary N) is 1. The van der Waals surface area contributed by atoms with E-state index < -0.39 is 28.7 Å². The van der Waals surface area contributed by atoms with Gasteiger partial charge >= 0.3 is 6.18 Å². The molecule has 1 atom stereocenters. The number of hydrogen-bond acceptors (Lipinski definition) is 4. The highest BCUT2D eigenvalue weighted by Gasteiger charge is 2.32. The molecular formula is C12H17F3N2O3S. The molecule has 0 aliphatic heterocycles. The van der Waals surface area contributed by atoms with Crippen LogP contribution >= 0.6 is 0 Å². The van der Waals surface area contributed by atoms with Crippen molar-refractivity contribution in [1.82, 2.24) is 4.72 Å². The van der Waals surface area contributed by atoms with Crippen molar-refractivity contribution < 1.29 is 26.3 Å². The minimum absolute atomic E-state index is 0.0407. The quantitative estimate of drug-likeness (QED) is 0.835. The Labute approximate surface area is 121 Å². The summed E-state index contributed by atoms with van der Waals surface area (Å²) in [5, 5.41) is 0. The van der Waals surface area contributed by atoms with Crippen LogP contribution in [-0.2, 0) is 16.6 Å². The standard InChI is InChI=1S/C12H17F3N2O3S/c1-8(6-12(13,14)15)17-21(18,19)11-5-9(7-16)3-4-10(11)20-2/h3-5,8,17H,6-7,16H2,1-2H3. The lowest BCUT2D eigenvalue weighted by molar-refractivity contribution is -0.137. The van der Waals surface area contributed by atoms with Crippen molar-refractivity contribution >= 4 is 10.0 Å². The Kier molecular flexibility index (Phi) is 5.60. The molecule has 5 nitrogen and oxygen atoms in total. The van der Waals surface area contributed by atoms with Gasteiger partial charge in [0.05, 0.1) is 13.5 Å². The predicted molar refractivity (Wildman–Crippen MR) is 71.3 cm³/mol. The molecule has 0 saturated carbocycles. The molecule has 0 radical (unpaired) electrons. The molecule has 0 heterocycles. The van der Waals surface area contributed by atoms with E-state index in [1.807, 2.05) is 4.72 Å². The zero-order chi connectivity index (χ0) is 16.3. The van der Waals surface area contributed by atoms with Gasteiger partial charge in [-0.05, 0) is 24.6 Å². The Morgan fingerprint density at radius 3 is 2.48 bits per heavy atom. The highest BCUT2D eigenvalue weighted by atomic mass is 32.2. The van der Waals surface area contributed by atoms with E-state index in [1.54, 1.807) is 6.07 Å². The number of nitrogens with two attached hydrogens (primary N) is 1. The van der Waals surface area contributed by atoms with Crippen LogP contribution in [0.15, 0.2) is 23.1 Å². The molecule has 1 rings (SSSR count). The molecule has 0 amide bonds. The topological polar surface area (TPSA) is 81.4 Å². The Hall–Kier alpha value is -1.32. The maximum atomic E-state index is 12.3. The van der Waals surface area contributed by atoms with Crippen LogP contribution in [0.5, 0.6) is 5.75 Å². The van der Waals surface area contributed by atoms with E-state index in [0.717, 1.165) is 6.92 Å². The van der Waals surface area contributed by atoms with Gasteiger partial charge in [-0.3, -0.25) is 0 Å². The fourth-order valence-electron chi connectivity index (χ4n) is 1.78. The molecule has 1 aromatic carbocycles. The first-order valence-electron chi connectivity index (χ1n) is 6.05. The molecule has 1 aromatic rings. The van der Waals surface area contributed by atoms with Crippen molar-refractivity contribution in [2.45, 2.75) is 37.0 Å². The van der Waals surface area contributed by atoms with E-state index in [9.17, 15) is 21.6 Å². The van der Waals surface area contributed by atoms with Gasteiger partial charge in [-0.1, -0.05) is 6.07 Å². The number of sulfonamides is 1. The summed E-state index contributed by atoms with van der Waals surface area (Å²) >= 11 is 0. The van der Waals surface area contributed by atoms with Crippen molar-refractivity contribution in [1.29, 1.82) is 0 Å². The normalized spacial score (nSPS) is 14.0. The molecule has 0 spiro atoms. The lowest BCUT2D eigenvalue weighted by atomic mass is 10.2. The summed E-state index contributed by atoms with van der Waals surface area (Å²) < 4.78 is 68.1. The molecule has 0 aliphatic rings. The number of halogens is 3. The second kappa shape index (κ2) is 6.63. The van der Waals surface area contributed by atoms with Crippen LogP contribution in [0.25, 0.3) is 0 Å². The molecule has 0 fully saturated rings. The van der Waals surface area contributed by atoms with E-state index in [2.05, 4.69) is 0 Å². The number of hydrogen-bond donors (Lipinski definition) is 2. The molecule has 120 valence electrons. The molecule has 3 N–H and O–H groups in total. The fourth-order valence-corrected chi connectivity index (χ4v) is 3.24. The first kappa shape index (κ1) is 17.7. The molecule has 0 aliphatic carbocycles. The Balaban J connectivity index is 3.07. The van der Waals surface area contributed by atoms with Crippen LogP contribution in [0.4, 0.5) is 13.2 Å². The van der Waals surface area contributed by atoms with E-state index in [1.165, 1.54) is 19.2 Å². The van der Waals surface area contributed by atoms with Gasteiger partial charge in [0.15, 0.2) is 0 Å². The van der Waals surface area contributed by atoms with Gasteiger partial charge in [-0.25, -0.2) is 13.1 Å². The zero-order valence-electron chi connectivity index (χ0n) is 11.6. The van der Waals surface area contributed by atoms with Gasteiger partial charge in [0.2, 0.25) is 10.0 Å². The maximum absolute atomic E-state index is 12.3. The van der Waals surface area contributed by atoms with Crippen molar-refractivity contribution in [3.8, 4) is 5.75 Å². The van der Waals surface area contributed by atoms with Crippen LogP contribution in [0.3, 0.4) is 0 Å². The van der Waals surface area contributed by atoms with Crippen LogP contribution in [0.1, 0.15) is 18.9 Å². The van der Waals surface area contributed by atoms with E-state index in [-0.39, 0.29) is 17.2 Å². The molecule has 0 aromatic heterocycles. The largest absolute Gasteiger partial charge is 0.495 e. The smallest absolute Gasteiger partial charge is 0.390 e. The van der Waals surface area contributed by atoms with Gasteiger partial charge in [0.1, 0.15) is 10.6 Å². The molecule has 0 saturated heterocycles. The number of methoxy groups -OCH3 is 1. The first-order chi connectivity index (χ1) is 9.59. The summed E-state index contributed by atoms with van der Waals surface area (Å²) in [6.07, 6.45) is -5.71. The van der Waals surface area contributed by atoms with E-state index in [0.29, 0.717) is 5.56 Å². The third-order valence-corrected chi connectivity index (χ3v) is 4.26. The van der Waals surface area contributed by atoms with Crippen molar-refractivity contribution in [3.05, 3.63) is 23.8 Å². The van der Waals surface area contributed by atoms with Gasteiger partial charge in [-0.2, -0.15) is 13.2 Å². The SMILES string of the molecule is COc1ccc(CN)cc1S(=O)(=O)NC(C)CC(F)(F)F. The first-order valence-corrected chi connectivity index (χ1v) is 7.53. The number of benzene rings is 1. The molecular weight excluding hydrogens is 309 g/mol. The van der Waals surface area contributed by atoms with Crippen LogP contribution in [0, 0.1) is 0 Å². The Morgan fingerprint density at radius 1 is 1.38 bits per heavy atom. The summed E-state index contributed by atoms with van der Waals surface area (Å²) in [4.78, 5) is -0.234. The van der Waals surface area contributed by atoms with Crippen LogP contribution < -0.4 is 15.2 Å². The molecule has 9 heteroatoms. The maximum Gasteiger partial charge on any atom is 0.390 e. The summed E-state index contributed by atoms with van der Waals surface area (Å²) in [7, 11) is -2.86. The predicted octanol–water partition coefficient (Wildman–Crippen LogP) is 1.77. The molecule has 0 bridgehead atoms. The van der Waals surface area contributed by atoms with Crippen molar-refractivity contribution in [2.75, 3.05) is 7.11 Å². The molecule has 1 unspecified atom stereocenters.